The van der Waals surface area contributed by atoms with Gasteiger partial charge >= 0.3 is 131 Å². The summed E-state index contributed by atoms with van der Waals surface area (Å²) in [6.07, 6.45) is 0. The maximum absolute atomic E-state index is 2.31. The van der Waals surface area contributed by atoms with Crippen molar-refractivity contribution in [1.29, 1.82) is 0 Å². The minimum atomic E-state index is 0.412. The van der Waals surface area contributed by atoms with Gasteiger partial charge in [-0.05, 0) is 0 Å². The summed E-state index contributed by atoms with van der Waals surface area (Å²) >= 11 is 0.412. The van der Waals surface area contributed by atoms with Crippen LogP contribution in [-0.4, -0.2) is 14.5 Å². The third kappa shape index (κ3) is 1.97. The van der Waals surface area contributed by atoms with Gasteiger partial charge in [-0.15, -0.1) is 0 Å². The van der Waals surface area contributed by atoms with E-state index < -0.39 is 0 Å². The molecule has 0 saturated carbocycles. The number of aryl methyl sites for hydroxylation is 2. The number of hydrogen-bond acceptors (Lipinski definition) is 0. The van der Waals surface area contributed by atoms with E-state index in [1.54, 1.807) is 4.26 Å². The van der Waals surface area contributed by atoms with Gasteiger partial charge in [0.25, 0.3) is 0 Å². The van der Waals surface area contributed by atoms with Crippen molar-refractivity contribution in [3.63, 3.8) is 0 Å². The molecule has 4 rings (SSSR count). The predicted octanol–water partition coefficient (Wildman–Crippen LogP) is 5.33. The van der Waals surface area contributed by atoms with Gasteiger partial charge in [0.05, 0.1) is 0 Å². The Labute approximate surface area is 130 Å². The van der Waals surface area contributed by atoms with Crippen molar-refractivity contribution in [3.05, 3.63) is 71.8 Å². The van der Waals surface area contributed by atoms with Crippen LogP contribution in [0.4, 0.5) is 0 Å². The Balaban J connectivity index is 2.18. The summed E-state index contributed by atoms with van der Waals surface area (Å²) in [5, 5.41) is 2.87. The first-order valence-electron chi connectivity index (χ1n) is 7.22. The van der Waals surface area contributed by atoms with Crippen LogP contribution in [0.25, 0.3) is 30.4 Å². The van der Waals surface area contributed by atoms with Crippen LogP contribution < -0.4 is 0 Å². The Morgan fingerprint density at radius 2 is 1.43 bits per heavy atom. The van der Waals surface area contributed by atoms with Crippen molar-refractivity contribution >= 4 is 33.8 Å². The van der Waals surface area contributed by atoms with Crippen molar-refractivity contribution in [2.75, 3.05) is 0 Å². The fourth-order valence-corrected chi connectivity index (χ4v) is 5.84. The summed E-state index contributed by atoms with van der Waals surface area (Å²) in [6.45, 7) is 4.45. The molecular formula is C20H16Se. The monoisotopic (exact) mass is 336 g/mol. The van der Waals surface area contributed by atoms with E-state index in [0.29, 0.717) is 14.5 Å². The van der Waals surface area contributed by atoms with Crippen molar-refractivity contribution in [3.8, 4) is 11.1 Å². The SMILES string of the molecule is Cc1ccccc1-c1c(C)ccc2c1[se]c1ccccc12. The van der Waals surface area contributed by atoms with E-state index in [9.17, 15) is 0 Å². The molecule has 1 aromatic heterocycles. The molecule has 21 heavy (non-hydrogen) atoms. The number of fused-ring (bicyclic) bond motifs is 3. The molecule has 0 atom stereocenters. The van der Waals surface area contributed by atoms with E-state index in [-0.39, 0.29) is 0 Å². The van der Waals surface area contributed by atoms with Gasteiger partial charge in [0.15, 0.2) is 0 Å². The van der Waals surface area contributed by atoms with Crippen LogP contribution in [0.2, 0.25) is 0 Å². The summed E-state index contributed by atoms with van der Waals surface area (Å²) in [7, 11) is 0. The van der Waals surface area contributed by atoms with Crippen molar-refractivity contribution in [2.45, 2.75) is 13.8 Å². The van der Waals surface area contributed by atoms with Crippen LogP contribution in [0.3, 0.4) is 0 Å². The van der Waals surface area contributed by atoms with E-state index in [4.69, 9.17) is 0 Å². The standard InChI is InChI=1S/C20H16Se/c1-13-7-3-4-8-15(13)19-14(2)11-12-17-16-9-5-6-10-18(16)21-20(17)19/h3-12H,1-2H3. The molecule has 0 aliphatic rings. The van der Waals surface area contributed by atoms with E-state index in [1.807, 2.05) is 0 Å². The van der Waals surface area contributed by atoms with E-state index in [2.05, 4.69) is 74.5 Å². The molecule has 0 amide bonds. The Kier molecular flexibility index (Phi) is 2.99. The Bertz CT molecular complexity index is 960. The van der Waals surface area contributed by atoms with Gasteiger partial charge in [-0.3, -0.25) is 0 Å². The molecule has 0 nitrogen and oxygen atoms in total. The molecule has 0 aliphatic carbocycles. The fraction of sp³-hybridized carbons (Fsp3) is 0.100. The van der Waals surface area contributed by atoms with Gasteiger partial charge in [-0.1, -0.05) is 0 Å². The van der Waals surface area contributed by atoms with Gasteiger partial charge in [-0.2, -0.15) is 0 Å². The third-order valence-corrected chi connectivity index (χ3v) is 6.70. The van der Waals surface area contributed by atoms with Crippen LogP contribution in [0.1, 0.15) is 11.1 Å². The van der Waals surface area contributed by atoms with Crippen LogP contribution in [-0.2, 0) is 0 Å². The molecule has 0 fully saturated rings. The molecule has 3 aromatic carbocycles. The van der Waals surface area contributed by atoms with Crippen LogP contribution in [0.15, 0.2) is 60.7 Å². The molecule has 4 aromatic rings. The summed E-state index contributed by atoms with van der Waals surface area (Å²) in [5.74, 6) is 0. The molecule has 0 saturated heterocycles. The van der Waals surface area contributed by atoms with E-state index in [0.717, 1.165) is 0 Å². The molecule has 0 spiro atoms. The van der Waals surface area contributed by atoms with Gasteiger partial charge in [-0.25, -0.2) is 0 Å². The van der Waals surface area contributed by atoms with Gasteiger partial charge in [0, 0.05) is 0 Å². The van der Waals surface area contributed by atoms with E-state index >= 15 is 0 Å². The molecule has 0 aliphatic heterocycles. The second kappa shape index (κ2) is 4.87. The number of hydrogen-bond donors (Lipinski definition) is 0. The molecule has 102 valence electrons. The van der Waals surface area contributed by atoms with E-state index in [1.165, 1.54) is 37.3 Å². The topological polar surface area (TPSA) is 0 Å². The summed E-state index contributed by atoms with van der Waals surface area (Å²) in [6, 6.07) is 22.2. The molecule has 1 heterocycles. The van der Waals surface area contributed by atoms with Crippen LogP contribution in [0, 0.1) is 13.8 Å². The first-order chi connectivity index (χ1) is 10.3. The van der Waals surface area contributed by atoms with Crippen molar-refractivity contribution < 1.29 is 0 Å². The number of rotatable bonds is 1. The molecule has 0 unspecified atom stereocenters. The normalized spacial score (nSPS) is 11.3. The Hall–Kier alpha value is -1.82. The zero-order valence-corrected chi connectivity index (χ0v) is 13.9. The zero-order valence-electron chi connectivity index (χ0n) is 12.2. The maximum atomic E-state index is 2.31. The first-order valence-corrected chi connectivity index (χ1v) is 8.94. The Morgan fingerprint density at radius 1 is 0.667 bits per heavy atom. The first kappa shape index (κ1) is 12.9. The molecular weight excluding hydrogens is 319 g/mol. The fourth-order valence-electron chi connectivity index (χ4n) is 3.08. The quantitative estimate of drug-likeness (QED) is 0.412. The minimum absolute atomic E-state index is 0.412. The van der Waals surface area contributed by atoms with Gasteiger partial charge in [0.1, 0.15) is 0 Å². The summed E-state index contributed by atoms with van der Waals surface area (Å²) in [4.78, 5) is 0. The third-order valence-electron chi connectivity index (χ3n) is 4.17. The number of benzene rings is 3. The van der Waals surface area contributed by atoms with Crippen LogP contribution >= 0.6 is 0 Å². The average molecular weight is 335 g/mol. The van der Waals surface area contributed by atoms with Crippen LogP contribution in [0.5, 0.6) is 0 Å². The zero-order chi connectivity index (χ0) is 14.4. The van der Waals surface area contributed by atoms with Gasteiger partial charge in [0.2, 0.25) is 0 Å². The molecule has 1 heteroatoms. The second-order valence-corrected chi connectivity index (χ2v) is 7.75. The molecule has 0 bridgehead atoms. The van der Waals surface area contributed by atoms with Crippen molar-refractivity contribution in [1.82, 2.24) is 0 Å². The molecule has 0 radical (unpaired) electrons. The second-order valence-electron chi connectivity index (χ2n) is 5.55. The Morgan fingerprint density at radius 3 is 2.29 bits per heavy atom. The average Bonchev–Trinajstić information content (AvgIpc) is 2.87. The summed E-state index contributed by atoms with van der Waals surface area (Å²) in [5.41, 5.74) is 5.60. The van der Waals surface area contributed by atoms with Gasteiger partial charge < -0.3 is 0 Å². The summed E-state index contributed by atoms with van der Waals surface area (Å²) < 4.78 is 3.07. The molecule has 0 N–H and O–H groups in total. The van der Waals surface area contributed by atoms with Crippen molar-refractivity contribution in [2.24, 2.45) is 0 Å². The predicted molar refractivity (Wildman–Crippen MR) is 93.3 cm³/mol.